The summed E-state index contributed by atoms with van der Waals surface area (Å²) in [5, 5.41) is 11.3. The first kappa shape index (κ1) is 18.1. The molecule has 0 saturated carbocycles. The number of aryl methyl sites for hydroxylation is 1. The van der Waals surface area contributed by atoms with Gasteiger partial charge in [0.05, 0.1) is 13.7 Å². The van der Waals surface area contributed by atoms with E-state index in [-0.39, 0.29) is 6.04 Å². The third-order valence-corrected chi connectivity index (χ3v) is 4.23. The van der Waals surface area contributed by atoms with Crippen LogP contribution in [0, 0.1) is 0 Å². The summed E-state index contributed by atoms with van der Waals surface area (Å²) < 4.78 is 12.3. The molecule has 3 rings (SSSR count). The number of nitrogens with one attached hydrogen (secondary N) is 2. The van der Waals surface area contributed by atoms with E-state index in [4.69, 9.17) is 9.47 Å². The summed E-state index contributed by atoms with van der Waals surface area (Å²) in [5.41, 5.74) is 0.976. The fourth-order valence-corrected chi connectivity index (χ4v) is 2.98. The predicted octanol–water partition coefficient (Wildman–Crippen LogP) is 0.508. The SMILES string of the molecule is CN=C(NCc1cccnc1OC)NC1CCc2nc(COC)nn2C1. The van der Waals surface area contributed by atoms with E-state index in [9.17, 15) is 0 Å². The molecule has 0 radical (unpaired) electrons. The molecule has 2 aromatic heterocycles. The Morgan fingerprint density at radius 2 is 2.31 bits per heavy atom. The highest BCUT2D eigenvalue weighted by atomic mass is 16.5. The van der Waals surface area contributed by atoms with Crippen LogP contribution in [0.4, 0.5) is 0 Å². The number of ether oxygens (including phenoxy) is 2. The van der Waals surface area contributed by atoms with Crippen LogP contribution in [-0.4, -0.2) is 53.0 Å². The molecule has 1 atom stereocenters. The van der Waals surface area contributed by atoms with Gasteiger partial charge in [-0.1, -0.05) is 6.07 Å². The lowest BCUT2D eigenvalue weighted by Crippen LogP contribution is -2.46. The van der Waals surface area contributed by atoms with Crippen LogP contribution in [0.1, 0.15) is 23.6 Å². The largest absolute Gasteiger partial charge is 0.481 e. The van der Waals surface area contributed by atoms with Gasteiger partial charge >= 0.3 is 0 Å². The normalized spacial score (nSPS) is 16.9. The van der Waals surface area contributed by atoms with Gasteiger partial charge in [0.2, 0.25) is 5.88 Å². The number of fused-ring (bicyclic) bond motifs is 1. The first-order valence-corrected chi connectivity index (χ1v) is 8.60. The van der Waals surface area contributed by atoms with Crippen molar-refractivity contribution in [3.63, 3.8) is 0 Å². The van der Waals surface area contributed by atoms with E-state index in [1.165, 1.54) is 0 Å². The summed E-state index contributed by atoms with van der Waals surface area (Å²) in [4.78, 5) is 13.0. The third-order valence-electron chi connectivity index (χ3n) is 4.23. The Morgan fingerprint density at radius 1 is 1.42 bits per heavy atom. The van der Waals surface area contributed by atoms with E-state index >= 15 is 0 Å². The standard InChI is InChI=1S/C17H25N7O2/c1-18-17(20-9-12-5-4-8-19-16(12)26-3)21-13-6-7-15-22-14(11-25-2)23-24(15)10-13/h4-5,8,13H,6-7,9-11H2,1-3H3,(H2,18,20,21). The minimum absolute atomic E-state index is 0.238. The van der Waals surface area contributed by atoms with Crippen molar-refractivity contribution >= 4 is 5.96 Å². The molecule has 0 bridgehead atoms. The molecule has 140 valence electrons. The second-order valence-electron chi connectivity index (χ2n) is 6.04. The molecule has 1 aliphatic heterocycles. The maximum absolute atomic E-state index is 5.28. The van der Waals surface area contributed by atoms with E-state index < -0.39 is 0 Å². The van der Waals surface area contributed by atoms with Crippen LogP contribution in [0.2, 0.25) is 0 Å². The molecule has 1 unspecified atom stereocenters. The highest BCUT2D eigenvalue weighted by Gasteiger charge is 2.22. The van der Waals surface area contributed by atoms with Crippen molar-refractivity contribution in [2.75, 3.05) is 21.3 Å². The van der Waals surface area contributed by atoms with Crippen LogP contribution in [0.15, 0.2) is 23.3 Å². The Bertz CT molecular complexity index is 759. The Balaban J connectivity index is 1.57. The molecule has 9 nitrogen and oxygen atoms in total. The summed E-state index contributed by atoms with van der Waals surface area (Å²) in [5.74, 6) is 3.10. The van der Waals surface area contributed by atoms with Gasteiger partial charge in [-0.15, -0.1) is 0 Å². The van der Waals surface area contributed by atoms with Gasteiger partial charge < -0.3 is 20.1 Å². The predicted molar refractivity (Wildman–Crippen MR) is 97.0 cm³/mol. The van der Waals surface area contributed by atoms with E-state index in [0.29, 0.717) is 19.0 Å². The molecule has 26 heavy (non-hydrogen) atoms. The van der Waals surface area contributed by atoms with Gasteiger partial charge in [0.1, 0.15) is 12.4 Å². The quantitative estimate of drug-likeness (QED) is 0.573. The van der Waals surface area contributed by atoms with Gasteiger partial charge in [0, 0.05) is 44.9 Å². The van der Waals surface area contributed by atoms with Crippen LogP contribution in [0.5, 0.6) is 5.88 Å². The van der Waals surface area contributed by atoms with Crippen LogP contribution in [0.3, 0.4) is 0 Å². The molecule has 0 fully saturated rings. The number of nitrogens with zero attached hydrogens (tertiary/aromatic N) is 5. The van der Waals surface area contributed by atoms with Crippen molar-refractivity contribution in [3.8, 4) is 5.88 Å². The van der Waals surface area contributed by atoms with Crippen molar-refractivity contribution in [1.29, 1.82) is 0 Å². The number of rotatable bonds is 6. The molecule has 2 N–H and O–H groups in total. The Morgan fingerprint density at radius 3 is 3.08 bits per heavy atom. The monoisotopic (exact) mass is 359 g/mol. The summed E-state index contributed by atoms with van der Waals surface area (Å²) in [7, 11) is 5.03. The summed E-state index contributed by atoms with van der Waals surface area (Å²) >= 11 is 0. The maximum atomic E-state index is 5.28. The molecule has 0 saturated heterocycles. The first-order chi connectivity index (χ1) is 12.7. The number of hydrogen-bond donors (Lipinski definition) is 2. The fraction of sp³-hybridized carbons (Fsp3) is 0.529. The van der Waals surface area contributed by atoms with E-state index in [1.807, 2.05) is 16.8 Å². The van der Waals surface area contributed by atoms with Crippen molar-refractivity contribution in [3.05, 3.63) is 35.5 Å². The minimum Gasteiger partial charge on any atom is -0.481 e. The number of pyridine rings is 1. The zero-order valence-corrected chi connectivity index (χ0v) is 15.4. The zero-order chi connectivity index (χ0) is 18.4. The average Bonchev–Trinajstić information content (AvgIpc) is 3.07. The van der Waals surface area contributed by atoms with Crippen molar-refractivity contribution in [2.24, 2.45) is 4.99 Å². The van der Waals surface area contributed by atoms with Crippen LogP contribution < -0.4 is 15.4 Å². The maximum Gasteiger partial charge on any atom is 0.218 e. The van der Waals surface area contributed by atoms with Crippen molar-refractivity contribution < 1.29 is 9.47 Å². The fourth-order valence-electron chi connectivity index (χ4n) is 2.98. The second-order valence-corrected chi connectivity index (χ2v) is 6.04. The van der Waals surface area contributed by atoms with E-state index in [2.05, 4.69) is 30.7 Å². The lowest BCUT2D eigenvalue weighted by Gasteiger charge is -2.25. The molecule has 2 aromatic rings. The summed E-state index contributed by atoms with van der Waals surface area (Å²) in [6, 6.07) is 4.11. The second kappa shape index (κ2) is 8.61. The highest BCUT2D eigenvalue weighted by Crippen LogP contribution is 2.14. The zero-order valence-electron chi connectivity index (χ0n) is 15.4. The van der Waals surface area contributed by atoms with Crippen LogP contribution >= 0.6 is 0 Å². The first-order valence-electron chi connectivity index (χ1n) is 8.60. The smallest absolute Gasteiger partial charge is 0.218 e. The van der Waals surface area contributed by atoms with Gasteiger partial charge in [0.15, 0.2) is 11.8 Å². The summed E-state index contributed by atoms with van der Waals surface area (Å²) in [6.07, 6.45) is 3.56. The van der Waals surface area contributed by atoms with Crippen LogP contribution in [-0.2, 0) is 30.9 Å². The van der Waals surface area contributed by atoms with Gasteiger partial charge in [-0.2, -0.15) is 5.10 Å². The van der Waals surface area contributed by atoms with Crippen molar-refractivity contribution in [1.82, 2.24) is 30.4 Å². The number of aromatic nitrogens is 4. The topological polar surface area (TPSA) is 98.5 Å². The lowest BCUT2D eigenvalue weighted by molar-refractivity contribution is 0.177. The minimum atomic E-state index is 0.238. The Kier molecular flexibility index (Phi) is 6.00. The molecular weight excluding hydrogens is 334 g/mol. The van der Waals surface area contributed by atoms with E-state index in [0.717, 1.165) is 42.6 Å². The average molecular weight is 359 g/mol. The molecular formula is C17H25N7O2. The molecule has 0 aliphatic carbocycles. The van der Waals surface area contributed by atoms with Crippen LogP contribution in [0.25, 0.3) is 0 Å². The Hall–Kier alpha value is -2.68. The van der Waals surface area contributed by atoms with Gasteiger partial charge in [-0.25, -0.2) is 14.6 Å². The van der Waals surface area contributed by atoms with Gasteiger partial charge in [-0.3, -0.25) is 4.99 Å². The molecule has 0 spiro atoms. The molecule has 3 heterocycles. The lowest BCUT2D eigenvalue weighted by atomic mass is 10.1. The molecule has 9 heteroatoms. The Labute approximate surface area is 152 Å². The molecule has 1 aliphatic rings. The summed E-state index contributed by atoms with van der Waals surface area (Å²) in [6.45, 7) is 1.77. The molecule has 0 amide bonds. The number of methoxy groups -OCH3 is 2. The van der Waals surface area contributed by atoms with Gasteiger partial charge in [0.25, 0.3) is 0 Å². The number of hydrogen-bond acceptors (Lipinski definition) is 6. The number of aliphatic imine (C=N–C) groups is 1. The van der Waals surface area contributed by atoms with E-state index in [1.54, 1.807) is 27.5 Å². The van der Waals surface area contributed by atoms with Crippen molar-refractivity contribution in [2.45, 2.75) is 38.6 Å². The highest BCUT2D eigenvalue weighted by molar-refractivity contribution is 5.80. The number of guanidine groups is 1. The third kappa shape index (κ3) is 4.29. The van der Waals surface area contributed by atoms with Gasteiger partial charge in [-0.05, 0) is 12.5 Å². The molecule has 0 aromatic carbocycles.